The van der Waals surface area contributed by atoms with Crippen LogP contribution < -0.4 is 0 Å². The first-order chi connectivity index (χ1) is 11.9. The minimum absolute atomic E-state index is 0.261. The van der Waals surface area contributed by atoms with Gasteiger partial charge in [-0.3, -0.25) is 9.59 Å². The third-order valence-corrected chi connectivity index (χ3v) is 5.97. The second kappa shape index (κ2) is 9.11. The Morgan fingerprint density at radius 1 is 0.846 bits per heavy atom. The molecule has 6 nitrogen and oxygen atoms in total. The first-order valence-electron chi connectivity index (χ1n) is 9.36. The molecule has 0 radical (unpaired) electrons. The van der Waals surface area contributed by atoms with E-state index in [4.69, 9.17) is 4.74 Å². The van der Waals surface area contributed by atoms with Gasteiger partial charge in [-0.2, -0.15) is 0 Å². The number of rotatable bonds is 0. The Morgan fingerprint density at radius 2 is 1.35 bits per heavy atom. The molecule has 0 amide bonds. The number of allylic oxidation sites excluding steroid dienone is 1. The van der Waals surface area contributed by atoms with Crippen LogP contribution in [0.15, 0.2) is 12.2 Å². The molecule has 0 aliphatic carbocycles. The smallest absolute Gasteiger partial charge is 0.311 e. The van der Waals surface area contributed by atoms with Crippen LogP contribution in [-0.4, -0.2) is 51.5 Å². The van der Waals surface area contributed by atoms with Crippen molar-refractivity contribution in [2.75, 3.05) is 0 Å². The van der Waals surface area contributed by atoms with Gasteiger partial charge in [0.15, 0.2) is 5.78 Å². The van der Waals surface area contributed by atoms with Crippen molar-refractivity contribution in [3.05, 3.63) is 12.2 Å². The van der Waals surface area contributed by atoms with E-state index >= 15 is 0 Å². The van der Waals surface area contributed by atoms with E-state index in [1.807, 2.05) is 0 Å². The van der Waals surface area contributed by atoms with E-state index in [0.717, 1.165) is 0 Å². The van der Waals surface area contributed by atoms with E-state index in [9.17, 15) is 24.9 Å². The standard InChI is InChI=1S/C20H34O6/c1-9-8-10(2)17(22)13(5)19(24)14(6)20(25)26-15(7)11(3)18(23)12(4)16(9)21/h10-15,17-19,22-24H,1,8H2,2-7H3/t10-,11-,12-,13+,14+,15+,17-,18-,19-/m0/s1. The van der Waals surface area contributed by atoms with Crippen molar-refractivity contribution >= 4 is 11.8 Å². The molecule has 0 spiro atoms. The lowest BCUT2D eigenvalue weighted by Gasteiger charge is -2.34. The third kappa shape index (κ3) is 4.93. The lowest BCUT2D eigenvalue weighted by molar-refractivity contribution is -0.164. The number of ether oxygens (including phenoxy) is 1. The average Bonchev–Trinajstić information content (AvgIpc) is 2.61. The number of esters is 1. The Bertz CT molecular complexity index is 530. The Kier molecular flexibility index (Phi) is 7.99. The molecule has 1 aliphatic heterocycles. The summed E-state index contributed by atoms with van der Waals surface area (Å²) in [6.07, 6.45) is -3.36. The van der Waals surface area contributed by atoms with E-state index in [2.05, 4.69) is 6.58 Å². The fourth-order valence-electron chi connectivity index (χ4n) is 3.53. The molecule has 9 atom stereocenters. The fourth-order valence-corrected chi connectivity index (χ4v) is 3.53. The molecule has 26 heavy (non-hydrogen) atoms. The molecule has 0 bridgehead atoms. The predicted octanol–water partition coefficient (Wildman–Crippen LogP) is 1.71. The van der Waals surface area contributed by atoms with Gasteiger partial charge in [0.05, 0.1) is 24.2 Å². The average molecular weight is 370 g/mol. The zero-order valence-electron chi connectivity index (χ0n) is 16.7. The predicted molar refractivity (Wildman–Crippen MR) is 98.2 cm³/mol. The van der Waals surface area contributed by atoms with Crippen LogP contribution >= 0.6 is 0 Å². The van der Waals surface area contributed by atoms with Gasteiger partial charge in [-0.05, 0) is 31.8 Å². The van der Waals surface area contributed by atoms with Gasteiger partial charge in [0, 0.05) is 17.8 Å². The Labute approximate surface area is 156 Å². The number of aliphatic hydroxyl groups is 3. The van der Waals surface area contributed by atoms with E-state index in [1.165, 1.54) is 0 Å². The fraction of sp³-hybridized carbons (Fsp3) is 0.800. The van der Waals surface area contributed by atoms with Gasteiger partial charge in [0.25, 0.3) is 0 Å². The van der Waals surface area contributed by atoms with Crippen LogP contribution in [0.4, 0.5) is 0 Å². The number of hydrogen-bond donors (Lipinski definition) is 3. The number of hydrogen-bond acceptors (Lipinski definition) is 6. The molecule has 0 saturated carbocycles. The minimum atomic E-state index is -1.08. The number of Topliss-reactive ketones (excluding diaryl/α,β-unsaturated/α-hetero) is 1. The molecule has 0 aromatic rings. The Balaban J connectivity index is 3.19. The highest BCUT2D eigenvalue weighted by molar-refractivity contribution is 5.96. The molecule has 0 aromatic heterocycles. The van der Waals surface area contributed by atoms with Gasteiger partial charge in [-0.25, -0.2) is 0 Å². The summed E-state index contributed by atoms with van der Waals surface area (Å²) >= 11 is 0. The molecule has 1 aliphatic rings. The zero-order valence-corrected chi connectivity index (χ0v) is 16.7. The maximum Gasteiger partial charge on any atom is 0.311 e. The van der Waals surface area contributed by atoms with Gasteiger partial charge in [0.1, 0.15) is 6.10 Å². The molecule has 1 rings (SSSR count). The molecule has 1 saturated heterocycles. The second-order valence-corrected chi connectivity index (χ2v) is 8.06. The van der Waals surface area contributed by atoms with E-state index in [1.54, 1.807) is 41.5 Å². The molecule has 0 aromatic carbocycles. The van der Waals surface area contributed by atoms with Gasteiger partial charge < -0.3 is 20.1 Å². The summed E-state index contributed by atoms with van der Waals surface area (Å²) in [6, 6.07) is 0. The van der Waals surface area contributed by atoms with Gasteiger partial charge >= 0.3 is 5.97 Å². The van der Waals surface area contributed by atoms with Crippen molar-refractivity contribution in [1.82, 2.24) is 0 Å². The molecule has 6 heteroatoms. The minimum Gasteiger partial charge on any atom is -0.462 e. The highest BCUT2D eigenvalue weighted by Gasteiger charge is 2.38. The van der Waals surface area contributed by atoms with Crippen molar-refractivity contribution in [2.45, 2.75) is 72.4 Å². The first-order valence-corrected chi connectivity index (χ1v) is 9.36. The molecule has 0 unspecified atom stereocenters. The Morgan fingerprint density at radius 3 is 1.88 bits per heavy atom. The van der Waals surface area contributed by atoms with E-state index in [-0.39, 0.29) is 18.1 Å². The quantitative estimate of drug-likeness (QED) is 0.443. The number of cyclic esters (lactones) is 1. The van der Waals surface area contributed by atoms with Crippen molar-refractivity contribution in [2.24, 2.45) is 29.6 Å². The summed E-state index contributed by atoms with van der Waals surface area (Å²) in [6.45, 7) is 13.8. The SMILES string of the molecule is C=C1C[C@H](C)[C@H](O)[C@@H](C)[C@H](O)[C@@H](C)C(=O)O[C@H](C)[C@H](C)[C@H](O)[C@@H](C)C1=O. The maximum atomic E-state index is 12.6. The molecule has 1 heterocycles. The number of aliphatic hydroxyl groups excluding tert-OH is 3. The monoisotopic (exact) mass is 370 g/mol. The molecular formula is C20H34O6. The number of ketones is 1. The summed E-state index contributed by atoms with van der Waals surface area (Å²) in [5.74, 6) is -3.72. The number of carbonyl (C=O) groups excluding carboxylic acids is 2. The second-order valence-electron chi connectivity index (χ2n) is 8.06. The normalized spacial score (nSPS) is 44.3. The molecule has 150 valence electrons. The van der Waals surface area contributed by atoms with Crippen LogP contribution in [0, 0.1) is 29.6 Å². The maximum absolute atomic E-state index is 12.6. The van der Waals surface area contributed by atoms with E-state index < -0.39 is 54.1 Å². The largest absolute Gasteiger partial charge is 0.462 e. The third-order valence-electron chi connectivity index (χ3n) is 5.97. The van der Waals surface area contributed by atoms with Gasteiger partial charge in [0.2, 0.25) is 0 Å². The topological polar surface area (TPSA) is 104 Å². The zero-order chi connectivity index (χ0) is 20.3. The van der Waals surface area contributed by atoms with E-state index in [0.29, 0.717) is 5.57 Å². The van der Waals surface area contributed by atoms with Crippen LogP contribution in [0.5, 0.6) is 0 Å². The lowest BCUT2D eigenvalue weighted by atomic mass is 9.79. The molecule has 3 N–H and O–H groups in total. The van der Waals surface area contributed by atoms with Crippen molar-refractivity contribution in [3.63, 3.8) is 0 Å². The summed E-state index contributed by atoms with van der Waals surface area (Å²) in [5, 5.41) is 31.5. The lowest BCUT2D eigenvalue weighted by Crippen LogP contribution is -2.44. The summed E-state index contributed by atoms with van der Waals surface area (Å²) < 4.78 is 5.41. The number of carbonyl (C=O) groups is 2. The van der Waals surface area contributed by atoms with Crippen molar-refractivity contribution < 1.29 is 29.6 Å². The highest BCUT2D eigenvalue weighted by atomic mass is 16.5. The van der Waals surface area contributed by atoms with Gasteiger partial charge in [-0.15, -0.1) is 0 Å². The Hall–Kier alpha value is -1.24. The van der Waals surface area contributed by atoms with Crippen molar-refractivity contribution in [3.8, 4) is 0 Å². The van der Waals surface area contributed by atoms with Crippen LogP contribution in [0.25, 0.3) is 0 Å². The summed E-state index contributed by atoms with van der Waals surface area (Å²) in [5.41, 5.74) is 0.340. The van der Waals surface area contributed by atoms with Crippen LogP contribution in [0.1, 0.15) is 48.0 Å². The van der Waals surface area contributed by atoms with Crippen molar-refractivity contribution in [1.29, 1.82) is 0 Å². The first kappa shape index (κ1) is 22.8. The summed E-state index contributed by atoms with van der Waals surface area (Å²) in [7, 11) is 0. The molecular weight excluding hydrogens is 336 g/mol. The van der Waals surface area contributed by atoms with Crippen LogP contribution in [-0.2, 0) is 14.3 Å². The van der Waals surface area contributed by atoms with Crippen LogP contribution in [0.2, 0.25) is 0 Å². The molecule has 1 fully saturated rings. The van der Waals surface area contributed by atoms with Crippen LogP contribution in [0.3, 0.4) is 0 Å². The summed E-state index contributed by atoms with van der Waals surface area (Å²) in [4.78, 5) is 25.0. The highest BCUT2D eigenvalue weighted by Crippen LogP contribution is 2.29. The van der Waals surface area contributed by atoms with Gasteiger partial charge in [-0.1, -0.05) is 34.3 Å².